The molecule has 4 amide bonds. The maximum atomic E-state index is 13.1. The summed E-state index contributed by atoms with van der Waals surface area (Å²) in [6.45, 7) is -0.262. The van der Waals surface area contributed by atoms with Crippen LogP contribution in [0.25, 0.3) is 0 Å². The number of benzene rings is 2. The van der Waals surface area contributed by atoms with Crippen molar-refractivity contribution < 1.29 is 14.4 Å². The Balaban J connectivity index is 1.42. The number of nitrogens with zero attached hydrogens (tertiary/aromatic N) is 2. The number of para-hydroxylation sites is 1. The highest BCUT2D eigenvalue weighted by Gasteiger charge is 2.55. The molecule has 0 aromatic heterocycles. The second-order valence-corrected chi connectivity index (χ2v) is 9.16. The first-order chi connectivity index (χ1) is 15.0. The Labute approximate surface area is 187 Å². The summed E-state index contributed by atoms with van der Waals surface area (Å²) in [6, 6.07) is 17.3. The summed E-state index contributed by atoms with van der Waals surface area (Å²) in [4.78, 5) is 42.2. The van der Waals surface area contributed by atoms with Gasteiger partial charge in [0.25, 0.3) is 5.91 Å². The molecule has 6 nitrogen and oxygen atoms in total. The molecule has 1 saturated carbocycles. The van der Waals surface area contributed by atoms with E-state index in [4.69, 9.17) is 0 Å². The molecular formula is C24H27N3O3S. The maximum absolute atomic E-state index is 13.1. The first-order valence-electron chi connectivity index (χ1n) is 10.7. The number of thioether (sulfide) groups is 1. The van der Waals surface area contributed by atoms with E-state index in [1.807, 2.05) is 42.5 Å². The van der Waals surface area contributed by atoms with Crippen molar-refractivity contribution in [2.45, 2.75) is 48.3 Å². The number of likely N-dealkylation sites (N-methyl/N-ethyl adjacent to an activating group) is 1. The number of nitrogens with one attached hydrogen (secondary N) is 1. The van der Waals surface area contributed by atoms with Gasteiger partial charge in [0.2, 0.25) is 5.91 Å². The molecule has 0 radical (unpaired) electrons. The lowest BCUT2D eigenvalue weighted by Crippen LogP contribution is -2.49. The number of hydrogen-bond donors (Lipinski definition) is 1. The minimum absolute atomic E-state index is 0.235. The largest absolute Gasteiger partial charge is 0.327 e. The van der Waals surface area contributed by atoms with Crippen molar-refractivity contribution in [3.05, 3.63) is 60.2 Å². The fraction of sp³-hybridized carbons (Fsp3) is 0.375. The van der Waals surface area contributed by atoms with E-state index in [0.29, 0.717) is 18.5 Å². The van der Waals surface area contributed by atoms with Gasteiger partial charge < -0.3 is 10.2 Å². The fourth-order valence-corrected chi connectivity index (χ4v) is 5.40. The number of imide groups is 1. The second-order valence-electron chi connectivity index (χ2n) is 8.14. The van der Waals surface area contributed by atoms with Crippen molar-refractivity contribution in [1.29, 1.82) is 0 Å². The van der Waals surface area contributed by atoms with Gasteiger partial charge >= 0.3 is 6.03 Å². The minimum Gasteiger partial charge on any atom is -0.324 e. The molecule has 7 heteroatoms. The van der Waals surface area contributed by atoms with Crippen LogP contribution < -0.4 is 5.32 Å². The van der Waals surface area contributed by atoms with E-state index in [9.17, 15) is 14.4 Å². The number of rotatable bonds is 6. The van der Waals surface area contributed by atoms with E-state index in [2.05, 4.69) is 17.4 Å². The van der Waals surface area contributed by atoms with Crippen molar-refractivity contribution in [2.24, 2.45) is 0 Å². The molecule has 0 bridgehead atoms. The number of urea groups is 1. The minimum atomic E-state index is -0.765. The standard InChI is InChI=1S/C24H27N3O3S/c1-26-23(30)27(22(29)24(26)14-8-3-9-15-24)16-21(28)25-19-12-6-7-13-20(19)31-17-18-10-4-2-5-11-18/h2,4-7,10-13H,3,8-9,14-17H2,1H3,(H,25,28). The third-order valence-corrected chi connectivity index (χ3v) is 7.33. The number of hydrogen-bond acceptors (Lipinski definition) is 4. The van der Waals surface area contributed by atoms with Crippen molar-refractivity contribution in [3.8, 4) is 0 Å². The predicted octanol–water partition coefficient (Wildman–Crippen LogP) is 4.51. The van der Waals surface area contributed by atoms with Crippen LogP contribution in [0.4, 0.5) is 10.5 Å². The Bertz CT molecular complexity index is 973. The van der Waals surface area contributed by atoms with Gasteiger partial charge in [-0.1, -0.05) is 61.7 Å². The zero-order chi connectivity index (χ0) is 21.8. The van der Waals surface area contributed by atoms with Crippen LogP contribution in [0.1, 0.15) is 37.7 Å². The van der Waals surface area contributed by atoms with Gasteiger partial charge in [-0.15, -0.1) is 11.8 Å². The average Bonchev–Trinajstić information content (AvgIpc) is 2.96. The van der Waals surface area contributed by atoms with Gasteiger partial charge in [0, 0.05) is 17.7 Å². The zero-order valence-electron chi connectivity index (χ0n) is 17.7. The van der Waals surface area contributed by atoms with Gasteiger partial charge in [-0.05, 0) is 30.5 Å². The van der Waals surface area contributed by atoms with Gasteiger partial charge in [0.05, 0.1) is 5.69 Å². The molecular weight excluding hydrogens is 410 g/mol. The maximum Gasteiger partial charge on any atom is 0.327 e. The Morgan fingerprint density at radius 1 is 1.00 bits per heavy atom. The number of anilines is 1. The first kappa shape index (κ1) is 21.4. The molecule has 1 saturated heterocycles. The van der Waals surface area contributed by atoms with E-state index in [-0.39, 0.29) is 24.4 Å². The highest BCUT2D eigenvalue weighted by molar-refractivity contribution is 7.98. The Morgan fingerprint density at radius 3 is 2.42 bits per heavy atom. The molecule has 1 heterocycles. The molecule has 1 N–H and O–H groups in total. The number of carbonyl (C=O) groups is 3. The van der Waals surface area contributed by atoms with Gasteiger partial charge in [-0.2, -0.15) is 0 Å². The van der Waals surface area contributed by atoms with Crippen LogP contribution >= 0.6 is 11.8 Å². The van der Waals surface area contributed by atoms with E-state index >= 15 is 0 Å². The van der Waals surface area contributed by atoms with Crippen molar-refractivity contribution in [2.75, 3.05) is 18.9 Å². The summed E-state index contributed by atoms with van der Waals surface area (Å²) < 4.78 is 0. The van der Waals surface area contributed by atoms with Crippen LogP contribution in [0.5, 0.6) is 0 Å². The van der Waals surface area contributed by atoms with Gasteiger partial charge in [-0.3, -0.25) is 14.5 Å². The molecule has 1 spiro atoms. The molecule has 4 rings (SSSR count). The molecule has 31 heavy (non-hydrogen) atoms. The smallest absolute Gasteiger partial charge is 0.324 e. The lowest BCUT2D eigenvalue weighted by Gasteiger charge is -2.35. The summed E-state index contributed by atoms with van der Waals surface area (Å²) in [6.07, 6.45) is 4.27. The summed E-state index contributed by atoms with van der Waals surface area (Å²) in [5.41, 5.74) is 1.12. The average molecular weight is 438 g/mol. The zero-order valence-corrected chi connectivity index (χ0v) is 18.5. The third-order valence-electron chi connectivity index (χ3n) is 6.18. The van der Waals surface area contributed by atoms with Crippen molar-refractivity contribution >= 4 is 35.3 Å². The predicted molar refractivity (Wildman–Crippen MR) is 122 cm³/mol. The molecule has 2 aromatic carbocycles. The van der Waals surface area contributed by atoms with E-state index < -0.39 is 5.54 Å². The normalized spacial score (nSPS) is 18.0. The van der Waals surface area contributed by atoms with Crippen molar-refractivity contribution in [3.63, 3.8) is 0 Å². The molecule has 1 aliphatic heterocycles. The summed E-state index contributed by atoms with van der Waals surface area (Å²) >= 11 is 1.63. The molecule has 0 atom stereocenters. The molecule has 162 valence electrons. The van der Waals surface area contributed by atoms with Gasteiger partial charge in [0.1, 0.15) is 12.1 Å². The summed E-state index contributed by atoms with van der Waals surface area (Å²) in [5.74, 6) is 0.182. The fourth-order valence-electron chi connectivity index (χ4n) is 4.44. The van der Waals surface area contributed by atoms with Crippen LogP contribution in [0.2, 0.25) is 0 Å². The Morgan fingerprint density at radius 2 is 1.68 bits per heavy atom. The first-order valence-corrected chi connectivity index (χ1v) is 11.7. The highest BCUT2D eigenvalue weighted by atomic mass is 32.2. The number of amides is 4. The van der Waals surface area contributed by atoms with Crippen LogP contribution in [0.3, 0.4) is 0 Å². The molecule has 2 fully saturated rings. The van der Waals surface area contributed by atoms with Crippen LogP contribution in [0.15, 0.2) is 59.5 Å². The Kier molecular flexibility index (Phi) is 6.32. The van der Waals surface area contributed by atoms with Crippen LogP contribution in [-0.4, -0.2) is 46.8 Å². The van der Waals surface area contributed by atoms with E-state index in [1.165, 1.54) is 5.56 Å². The molecule has 0 unspecified atom stereocenters. The molecule has 2 aromatic rings. The quantitative estimate of drug-likeness (QED) is 0.533. The Hall–Kier alpha value is -2.80. The lowest BCUT2D eigenvalue weighted by atomic mass is 9.81. The third kappa shape index (κ3) is 4.32. The summed E-state index contributed by atoms with van der Waals surface area (Å²) in [5, 5.41) is 2.90. The summed E-state index contributed by atoms with van der Waals surface area (Å²) in [7, 11) is 1.68. The monoisotopic (exact) mass is 437 g/mol. The lowest BCUT2D eigenvalue weighted by molar-refractivity contribution is -0.136. The topological polar surface area (TPSA) is 69.7 Å². The second kappa shape index (κ2) is 9.14. The number of carbonyl (C=O) groups excluding carboxylic acids is 3. The van der Waals surface area contributed by atoms with E-state index in [0.717, 1.165) is 34.8 Å². The van der Waals surface area contributed by atoms with Crippen LogP contribution in [0, 0.1) is 0 Å². The van der Waals surface area contributed by atoms with Crippen molar-refractivity contribution in [1.82, 2.24) is 9.80 Å². The molecule has 2 aliphatic rings. The van der Waals surface area contributed by atoms with Gasteiger partial charge in [0.15, 0.2) is 0 Å². The van der Waals surface area contributed by atoms with Gasteiger partial charge in [-0.25, -0.2) is 4.79 Å². The van der Waals surface area contributed by atoms with E-state index in [1.54, 1.807) is 23.7 Å². The molecule has 1 aliphatic carbocycles. The SMILES string of the molecule is CN1C(=O)N(CC(=O)Nc2ccccc2SCc2ccccc2)C(=O)C12CCCCC2. The highest BCUT2D eigenvalue weighted by Crippen LogP contribution is 2.39. The van der Waals surface area contributed by atoms with Crippen LogP contribution in [-0.2, 0) is 15.3 Å².